The fraction of sp³-hybridized carbons (Fsp3) is 0.389. The third kappa shape index (κ3) is 3.04. The van der Waals surface area contributed by atoms with Gasteiger partial charge in [-0.05, 0) is 44.4 Å². The summed E-state index contributed by atoms with van der Waals surface area (Å²) in [5, 5.41) is 8.01. The summed E-state index contributed by atoms with van der Waals surface area (Å²) in [5.74, 6) is 1.36. The molecule has 130 valence electrons. The number of hydrogen-bond acceptors (Lipinski definition) is 6. The largest absolute Gasteiger partial charge is 0.337 e. The molecular formula is C18H19ClN4OS. The molecule has 3 heterocycles. The van der Waals surface area contributed by atoms with Crippen molar-refractivity contribution in [2.75, 3.05) is 11.4 Å². The van der Waals surface area contributed by atoms with Crippen molar-refractivity contribution in [2.45, 2.75) is 38.1 Å². The molecule has 0 N–H and O–H groups in total. The number of hydrogen-bond donors (Lipinski definition) is 0. The van der Waals surface area contributed by atoms with E-state index in [1.54, 1.807) is 11.3 Å². The fourth-order valence-electron chi connectivity index (χ4n) is 3.23. The van der Waals surface area contributed by atoms with Crippen LogP contribution in [0.3, 0.4) is 0 Å². The molecule has 0 spiro atoms. The monoisotopic (exact) mass is 374 g/mol. The Morgan fingerprint density at radius 3 is 2.80 bits per heavy atom. The van der Waals surface area contributed by atoms with Gasteiger partial charge < -0.3 is 9.42 Å². The van der Waals surface area contributed by atoms with Crippen LogP contribution < -0.4 is 4.90 Å². The molecule has 1 unspecified atom stereocenters. The van der Waals surface area contributed by atoms with Crippen LogP contribution in [0, 0.1) is 0 Å². The van der Waals surface area contributed by atoms with Crippen molar-refractivity contribution in [3.05, 3.63) is 58.1 Å². The van der Waals surface area contributed by atoms with E-state index in [2.05, 4.69) is 28.9 Å². The summed E-state index contributed by atoms with van der Waals surface area (Å²) in [6.45, 7) is 5.16. The van der Waals surface area contributed by atoms with Gasteiger partial charge in [-0.25, -0.2) is 4.98 Å². The number of thiazole rings is 1. The molecule has 1 aliphatic heterocycles. The van der Waals surface area contributed by atoms with Gasteiger partial charge in [-0.2, -0.15) is 4.98 Å². The van der Waals surface area contributed by atoms with Gasteiger partial charge >= 0.3 is 0 Å². The van der Waals surface area contributed by atoms with Gasteiger partial charge in [0, 0.05) is 23.1 Å². The normalized spacial score (nSPS) is 18.0. The number of halogens is 1. The van der Waals surface area contributed by atoms with E-state index in [1.807, 2.05) is 35.8 Å². The lowest BCUT2D eigenvalue weighted by Gasteiger charge is -2.22. The van der Waals surface area contributed by atoms with Crippen molar-refractivity contribution >= 4 is 28.1 Å². The first-order valence-electron chi connectivity index (χ1n) is 8.32. The molecule has 0 bridgehead atoms. The summed E-state index contributed by atoms with van der Waals surface area (Å²) in [6.07, 6.45) is 3.93. The number of benzene rings is 1. The summed E-state index contributed by atoms with van der Waals surface area (Å²) < 4.78 is 5.66. The topological polar surface area (TPSA) is 55.1 Å². The molecular weight excluding hydrogens is 356 g/mol. The lowest BCUT2D eigenvalue weighted by molar-refractivity contribution is 0.345. The van der Waals surface area contributed by atoms with Crippen molar-refractivity contribution in [3.8, 4) is 0 Å². The molecule has 1 aromatic carbocycles. The Bertz CT molecular complexity index is 844. The van der Waals surface area contributed by atoms with E-state index in [0.29, 0.717) is 11.7 Å². The molecule has 1 aliphatic rings. The molecule has 0 radical (unpaired) electrons. The van der Waals surface area contributed by atoms with Gasteiger partial charge in [0.05, 0.1) is 5.41 Å². The van der Waals surface area contributed by atoms with Crippen molar-refractivity contribution in [1.82, 2.24) is 15.1 Å². The van der Waals surface area contributed by atoms with Gasteiger partial charge in [-0.15, -0.1) is 11.3 Å². The second-order valence-electron chi connectivity index (χ2n) is 6.75. The van der Waals surface area contributed by atoms with Crippen molar-refractivity contribution in [1.29, 1.82) is 0 Å². The van der Waals surface area contributed by atoms with Gasteiger partial charge in [0.2, 0.25) is 5.89 Å². The lowest BCUT2D eigenvalue weighted by atomic mass is 9.84. The Morgan fingerprint density at radius 1 is 1.28 bits per heavy atom. The summed E-state index contributed by atoms with van der Waals surface area (Å²) in [7, 11) is 0. The Balaban J connectivity index is 1.62. The summed E-state index contributed by atoms with van der Waals surface area (Å²) in [5.41, 5.74) is 0.754. The molecule has 1 atom stereocenters. The average molecular weight is 375 g/mol. The second-order valence-corrected chi connectivity index (χ2v) is 8.06. The maximum atomic E-state index is 6.00. The van der Waals surface area contributed by atoms with Crippen LogP contribution in [0.4, 0.5) is 5.13 Å². The Hall–Kier alpha value is -1.92. The van der Waals surface area contributed by atoms with Gasteiger partial charge in [0.25, 0.3) is 0 Å². The minimum Gasteiger partial charge on any atom is -0.337 e. The van der Waals surface area contributed by atoms with E-state index >= 15 is 0 Å². The van der Waals surface area contributed by atoms with Crippen LogP contribution in [0.5, 0.6) is 0 Å². The van der Waals surface area contributed by atoms with Gasteiger partial charge in [-0.3, -0.25) is 0 Å². The molecule has 3 aromatic rings. The third-order valence-corrected chi connectivity index (χ3v) is 5.83. The molecule has 4 rings (SSSR count). The second kappa shape index (κ2) is 6.42. The molecule has 7 heteroatoms. The highest BCUT2D eigenvalue weighted by molar-refractivity contribution is 7.13. The van der Waals surface area contributed by atoms with Crippen LogP contribution >= 0.6 is 22.9 Å². The highest BCUT2D eigenvalue weighted by atomic mass is 35.5. The predicted molar refractivity (Wildman–Crippen MR) is 99.3 cm³/mol. The summed E-state index contributed by atoms with van der Waals surface area (Å²) in [6, 6.07) is 7.90. The zero-order chi connectivity index (χ0) is 17.4. The lowest BCUT2D eigenvalue weighted by Crippen LogP contribution is -2.23. The van der Waals surface area contributed by atoms with Gasteiger partial charge in [-0.1, -0.05) is 28.9 Å². The Labute approximate surface area is 155 Å². The SMILES string of the molecule is CC(C)(c1ccc(Cl)cc1)c1noc(C2CCCN2c2nccs2)n1. The fourth-order valence-corrected chi connectivity index (χ4v) is 4.08. The van der Waals surface area contributed by atoms with Crippen LogP contribution in [0.25, 0.3) is 0 Å². The minimum absolute atomic E-state index is 0.105. The molecule has 1 saturated heterocycles. The van der Waals surface area contributed by atoms with E-state index in [0.717, 1.165) is 35.1 Å². The first-order chi connectivity index (χ1) is 12.1. The molecule has 0 amide bonds. The molecule has 5 nitrogen and oxygen atoms in total. The maximum Gasteiger partial charge on any atom is 0.249 e. The molecule has 0 saturated carbocycles. The molecule has 25 heavy (non-hydrogen) atoms. The summed E-state index contributed by atoms with van der Waals surface area (Å²) >= 11 is 7.64. The Kier molecular flexibility index (Phi) is 4.25. The molecule has 1 fully saturated rings. The summed E-state index contributed by atoms with van der Waals surface area (Å²) in [4.78, 5) is 11.4. The first-order valence-corrected chi connectivity index (χ1v) is 9.58. The van der Waals surface area contributed by atoms with Crippen LogP contribution in [-0.2, 0) is 5.41 Å². The average Bonchev–Trinajstić information content (AvgIpc) is 3.34. The van der Waals surface area contributed by atoms with E-state index in [1.165, 1.54) is 0 Å². The standard InChI is InChI=1S/C18H19ClN4OS/c1-18(2,12-5-7-13(19)8-6-12)16-21-15(24-22-16)14-4-3-10-23(14)17-20-9-11-25-17/h5-9,11,14H,3-4,10H2,1-2H3. The van der Waals surface area contributed by atoms with Gasteiger partial charge in [0.1, 0.15) is 6.04 Å². The van der Waals surface area contributed by atoms with Crippen molar-refractivity contribution < 1.29 is 4.52 Å². The van der Waals surface area contributed by atoms with E-state index in [4.69, 9.17) is 21.1 Å². The quantitative estimate of drug-likeness (QED) is 0.653. The zero-order valence-corrected chi connectivity index (χ0v) is 15.7. The minimum atomic E-state index is -0.350. The highest BCUT2D eigenvalue weighted by Gasteiger charge is 2.35. The number of rotatable bonds is 4. The van der Waals surface area contributed by atoms with Gasteiger partial charge in [0.15, 0.2) is 11.0 Å². The Morgan fingerprint density at radius 2 is 2.08 bits per heavy atom. The van der Waals surface area contributed by atoms with Crippen molar-refractivity contribution in [2.24, 2.45) is 0 Å². The molecule has 0 aliphatic carbocycles. The third-order valence-electron chi connectivity index (χ3n) is 4.77. The van der Waals surface area contributed by atoms with Crippen molar-refractivity contribution in [3.63, 3.8) is 0 Å². The smallest absolute Gasteiger partial charge is 0.249 e. The van der Waals surface area contributed by atoms with Crippen LogP contribution in [0.1, 0.15) is 50.0 Å². The highest BCUT2D eigenvalue weighted by Crippen LogP contribution is 2.37. The number of nitrogens with zero attached hydrogens (tertiary/aromatic N) is 4. The number of aromatic nitrogens is 3. The first kappa shape index (κ1) is 16.5. The maximum absolute atomic E-state index is 6.00. The zero-order valence-electron chi connectivity index (χ0n) is 14.1. The molecule has 2 aromatic heterocycles. The van der Waals surface area contributed by atoms with E-state index in [-0.39, 0.29) is 11.5 Å². The van der Waals surface area contributed by atoms with Crippen LogP contribution in [-0.4, -0.2) is 21.7 Å². The number of anilines is 1. The predicted octanol–water partition coefficient (Wildman–Crippen LogP) is 4.85. The van der Waals surface area contributed by atoms with Crippen LogP contribution in [0.2, 0.25) is 5.02 Å². The van der Waals surface area contributed by atoms with E-state index in [9.17, 15) is 0 Å². The van der Waals surface area contributed by atoms with Crippen LogP contribution in [0.15, 0.2) is 40.4 Å². The van der Waals surface area contributed by atoms with E-state index < -0.39 is 0 Å².